The standard InChI is InChI=1S/C12H16N4O3/c1-12(2,13)6-14-9-5-8-7(4-11(17)15-8)3-10(9)16(18)19/h3,5,14H,4,6,13H2,1-2H3,(H,15,17). The highest BCUT2D eigenvalue weighted by Gasteiger charge is 2.25. The number of nitrogens with zero attached hydrogens (tertiary/aromatic N) is 1. The number of nitro groups is 1. The van der Waals surface area contributed by atoms with Crippen molar-refractivity contribution in [3.63, 3.8) is 0 Å². The van der Waals surface area contributed by atoms with Gasteiger partial charge in [-0.25, -0.2) is 0 Å². The highest BCUT2D eigenvalue weighted by molar-refractivity contribution is 6.00. The summed E-state index contributed by atoms with van der Waals surface area (Å²) in [5, 5.41) is 16.7. The van der Waals surface area contributed by atoms with Crippen LogP contribution >= 0.6 is 0 Å². The number of anilines is 2. The van der Waals surface area contributed by atoms with E-state index < -0.39 is 10.5 Å². The number of amides is 1. The van der Waals surface area contributed by atoms with Crippen molar-refractivity contribution in [2.45, 2.75) is 25.8 Å². The predicted octanol–water partition coefficient (Wildman–Crippen LogP) is 1.24. The number of nitrogens with two attached hydrogens (primary N) is 1. The van der Waals surface area contributed by atoms with E-state index in [1.54, 1.807) is 6.07 Å². The summed E-state index contributed by atoms with van der Waals surface area (Å²) in [6, 6.07) is 3.02. The van der Waals surface area contributed by atoms with E-state index in [4.69, 9.17) is 5.73 Å². The Morgan fingerprint density at radius 2 is 2.21 bits per heavy atom. The minimum atomic E-state index is -0.490. The highest BCUT2D eigenvalue weighted by atomic mass is 16.6. The Kier molecular flexibility index (Phi) is 3.15. The minimum absolute atomic E-state index is 0.0421. The summed E-state index contributed by atoms with van der Waals surface area (Å²) in [4.78, 5) is 21.9. The van der Waals surface area contributed by atoms with E-state index in [1.165, 1.54) is 6.07 Å². The van der Waals surface area contributed by atoms with Crippen LogP contribution < -0.4 is 16.4 Å². The molecule has 0 aromatic heterocycles. The SMILES string of the molecule is CC(C)(N)CNc1cc2c(cc1[N+](=O)[O-])CC(=O)N2. The smallest absolute Gasteiger partial charge is 0.292 e. The molecule has 0 aliphatic carbocycles. The van der Waals surface area contributed by atoms with Crippen LogP contribution in [0.4, 0.5) is 17.1 Å². The van der Waals surface area contributed by atoms with Gasteiger partial charge in [-0.2, -0.15) is 0 Å². The van der Waals surface area contributed by atoms with Gasteiger partial charge in [0.2, 0.25) is 5.91 Å². The van der Waals surface area contributed by atoms with E-state index in [2.05, 4.69) is 10.6 Å². The van der Waals surface area contributed by atoms with Crippen LogP contribution in [0.3, 0.4) is 0 Å². The normalized spacial score (nSPS) is 13.9. The van der Waals surface area contributed by atoms with Crippen LogP contribution in [0.5, 0.6) is 0 Å². The van der Waals surface area contributed by atoms with Gasteiger partial charge in [-0.15, -0.1) is 0 Å². The summed E-state index contributed by atoms with van der Waals surface area (Å²) < 4.78 is 0. The maximum Gasteiger partial charge on any atom is 0.292 e. The van der Waals surface area contributed by atoms with Crippen LogP contribution in [0.15, 0.2) is 12.1 Å². The first-order valence-electron chi connectivity index (χ1n) is 5.90. The molecule has 1 aliphatic rings. The lowest BCUT2D eigenvalue weighted by molar-refractivity contribution is -0.384. The van der Waals surface area contributed by atoms with Crippen molar-refractivity contribution < 1.29 is 9.72 Å². The number of nitrogens with one attached hydrogen (secondary N) is 2. The first-order valence-corrected chi connectivity index (χ1v) is 5.90. The topological polar surface area (TPSA) is 110 Å². The zero-order valence-electron chi connectivity index (χ0n) is 10.8. The lowest BCUT2D eigenvalue weighted by Gasteiger charge is -2.20. The summed E-state index contributed by atoms with van der Waals surface area (Å²) >= 11 is 0. The monoisotopic (exact) mass is 264 g/mol. The first-order chi connectivity index (χ1) is 8.76. The fourth-order valence-electron chi connectivity index (χ4n) is 1.88. The van der Waals surface area contributed by atoms with Gasteiger partial charge in [0.25, 0.3) is 5.69 Å². The van der Waals surface area contributed by atoms with Gasteiger partial charge in [0.15, 0.2) is 0 Å². The molecule has 7 heteroatoms. The molecule has 0 saturated carbocycles. The molecule has 4 N–H and O–H groups in total. The average Bonchev–Trinajstić information content (AvgIpc) is 2.62. The molecular weight excluding hydrogens is 248 g/mol. The molecule has 0 unspecified atom stereocenters. The molecule has 1 aromatic rings. The lowest BCUT2D eigenvalue weighted by atomic mass is 10.1. The van der Waals surface area contributed by atoms with E-state index in [9.17, 15) is 14.9 Å². The Bertz CT molecular complexity index is 549. The van der Waals surface area contributed by atoms with E-state index in [-0.39, 0.29) is 18.0 Å². The number of hydrogen-bond donors (Lipinski definition) is 3. The molecular formula is C12H16N4O3. The van der Waals surface area contributed by atoms with E-state index in [0.717, 1.165) is 0 Å². The quantitative estimate of drug-likeness (QED) is 0.559. The molecule has 0 atom stereocenters. The van der Waals surface area contributed by atoms with Crippen LogP contribution in [-0.4, -0.2) is 22.9 Å². The van der Waals surface area contributed by atoms with Crippen molar-refractivity contribution in [1.82, 2.24) is 0 Å². The van der Waals surface area contributed by atoms with Crippen LogP contribution in [0.1, 0.15) is 19.4 Å². The number of benzene rings is 1. The van der Waals surface area contributed by atoms with E-state index in [1.807, 2.05) is 13.8 Å². The fourth-order valence-corrected chi connectivity index (χ4v) is 1.88. The number of hydrogen-bond acceptors (Lipinski definition) is 5. The molecule has 1 aliphatic heterocycles. The van der Waals surface area contributed by atoms with Gasteiger partial charge >= 0.3 is 0 Å². The minimum Gasteiger partial charge on any atom is -0.378 e. The maximum atomic E-state index is 11.3. The summed E-state index contributed by atoms with van der Waals surface area (Å²) in [6.45, 7) is 4.03. The Hall–Kier alpha value is -2.15. The second-order valence-corrected chi connectivity index (χ2v) is 5.35. The van der Waals surface area contributed by atoms with E-state index >= 15 is 0 Å². The Morgan fingerprint density at radius 3 is 2.79 bits per heavy atom. The van der Waals surface area contributed by atoms with Crippen LogP contribution in [0.25, 0.3) is 0 Å². The van der Waals surface area contributed by atoms with Gasteiger partial charge in [-0.05, 0) is 25.5 Å². The van der Waals surface area contributed by atoms with E-state index in [0.29, 0.717) is 23.5 Å². The average molecular weight is 264 g/mol. The van der Waals surface area contributed by atoms with Gasteiger partial charge in [-0.1, -0.05) is 0 Å². The maximum absolute atomic E-state index is 11.3. The molecule has 1 amide bonds. The summed E-state index contributed by atoms with van der Waals surface area (Å²) in [5.74, 6) is -0.152. The van der Waals surface area contributed by atoms with Crippen molar-refractivity contribution in [3.05, 3.63) is 27.8 Å². The number of fused-ring (bicyclic) bond motifs is 1. The van der Waals surface area contributed by atoms with Crippen molar-refractivity contribution >= 4 is 23.0 Å². The van der Waals surface area contributed by atoms with Gasteiger partial charge in [0.05, 0.1) is 11.3 Å². The third-order valence-electron chi connectivity index (χ3n) is 2.78. The number of carbonyl (C=O) groups excluding carboxylic acids is 1. The Morgan fingerprint density at radius 1 is 1.53 bits per heavy atom. The summed E-state index contributed by atoms with van der Waals surface area (Å²) in [5.41, 5.74) is 6.94. The molecule has 19 heavy (non-hydrogen) atoms. The van der Waals surface area contributed by atoms with Crippen molar-refractivity contribution in [2.24, 2.45) is 5.73 Å². The van der Waals surface area contributed by atoms with Gasteiger partial charge < -0.3 is 16.4 Å². The molecule has 0 fully saturated rings. The van der Waals surface area contributed by atoms with Gasteiger partial charge in [0, 0.05) is 23.8 Å². The highest BCUT2D eigenvalue weighted by Crippen LogP contribution is 2.34. The lowest BCUT2D eigenvalue weighted by Crippen LogP contribution is -2.39. The second-order valence-electron chi connectivity index (χ2n) is 5.35. The third kappa shape index (κ3) is 3.00. The van der Waals surface area contributed by atoms with Gasteiger partial charge in [0.1, 0.15) is 5.69 Å². The largest absolute Gasteiger partial charge is 0.378 e. The molecule has 102 valence electrons. The zero-order valence-corrected chi connectivity index (χ0v) is 10.8. The second kappa shape index (κ2) is 4.51. The van der Waals surface area contributed by atoms with Crippen molar-refractivity contribution in [3.8, 4) is 0 Å². The van der Waals surface area contributed by atoms with Crippen LogP contribution in [0, 0.1) is 10.1 Å². The molecule has 0 saturated heterocycles. The molecule has 0 radical (unpaired) electrons. The Labute approximate surface area is 110 Å². The first kappa shape index (κ1) is 13.3. The number of rotatable bonds is 4. The molecule has 0 spiro atoms. The van der Waals surface area contributed by atoms with Gasteiger partial charge in [-0.3, -0.25) is 14.9 Å². The fraction of sp³-hybridized carbons (Fsp3) is 0.417. The molecule has 2 rings (SSSR count). The van der Waals surface area contributed by atoms with Crippen LogP contribution in [0.2, 0.25) is 0 Å². The molecule has 0 bridgehead atoms. The number of carbonyl (C=O) groups is 1. The zero-order chi connectivity index (χ0) is 14.2. The number of nitro benzene ring substituents is 1. The van der Waals surface area contributed by atoms with Crippen LogP contribution in [-0.2, 0) is 11.2 Å². The van der Waals surface area contributed by atoms with Crippen molar-refractivity contribution in [1.29, 1.82) is 0 Å². The summed E-state index contributed by atoms with van der Waals surface area (Å²) in [7, 11) is 0. The predicted molar refractivity (Wildman–Crippen MR) is 72.2 cm³/mol. The van der Waals surface area contributed by atoms with Crippen molar-refractivity contribution in [2.75, 3.05) is 17.2 Å². The summed E-state index contributed by atoms with van der Waals surface area (Å²) in [6.07, 6.45) is 0.179. The molecule has 7 nitrogen and oxygen atoms in total. The molecule has 1 heterocycles. The third-order valence-corrected chi connectivity index (χ3v) is 2.78. The Balaban J connectivity index is 2.34. The molecule has 1 aromatic carbocycles.